The molecule has 3 heterocycles. The van der Waals surface area contributed by atoms with Crippen LogP contribution in [0.15, 0.2) is 18.2 Å². The number of benzene rings is 1. The highest BCUT2D eigenvalue weighted by Gasteiger charge is 2.56. The van der Waals surface area contributed by atoms with Crippen LogP contribution in [0.4, 0.5) is 0 Å². The smallest absolute Gasteiger partial charge is 0.251 e. The fourth-order valence-electron chi connectivity index (χ4n) is 6.88. The molecule has 9 nitrogen and oxygen atoms in total. The van der Waals surface area contributed by atoms with Gasteiger partial charge in [-0.25, -0.2) is 0 Å². The molecular weight excluding hydrogens is 432 g/mol. The van der Waals surface area contributed by atoms with Crippen molar-refractivity contribution in [2.75, 3.05) is 20.1 Å². The van der Waals surface area contributed by atoms with Crippen molar-refractivity contribution < 1.29 is 14.4 Å². The van der Waals surface area contributed by atoms with Crippen LogP contribution >= 0.6 is 0 Å². The van der Waals surface area contributed by atoms with Crippen molar-refractivity contribution in [3.63, 3.8) is 0 Å². The largest absolute Gasteiger partial charge is 0.355 e. The summed E-state index contributed by atoms with van der Waals surface area (Å²) in [7, 11) is 1.62. The Hall–Kier alpha value is -2.96. The van der Waals surface area contributed by atoms with E-state index in [1.165, 1.54) is 0 Å². The van der Waals surface area contributed by atoms with Gasteiger partial charge in [-0.15, -0.1) is 0 Å². The van der Waals surface area contributed by atoms with E-state index in [9.17, 15) is 19.6 Å². The molecule has 7 atom stereocenters. The van der Waals surface area contributed by atoms with Crippen molar-refractivity contribution in [3.05, 3.63) is 34.9 Å². The number of piperidine rings is 1. The molecule has 1 aromatic rings. The Balaban J connectivity index is 1.12. The number of amides is 3. The number of likely N-dealkylation sites (tertiary alicyclic amines) is 3. The number of aryl methyl sites for hydroxylation is 1. The van der Waals surface area contributed by atoms with Gasteiger partial charge in [0.25, 0.3) is 5.91 Å². The predicted octanol–water partition coefficient (Wildman–Crippen LogP) is 0.159. The summed E-state index contributed by atoms with van der Waals surface area (Å²) in [4.78, 5) is 44.2. The van der Waals surface area contributed by atoms with Crippen LogP contribution in [0.25, 0.3) is 0 Å². The first kappa shape index (κ1) is 21.6. The molecule has 9 heteroatoms. The second kappa shape index (κ2) is 7.79. The van der Waals surface area contributed by atoms with E-state index in [-0.39, 0.29) is 47.9 Å². The molecule has 178 valence electrons. The molecule has 1 unspecified atom stereocenters. The van der Waals surface area contributed by atoms with Crippen LogP contribution in [-0.4, -0.2) is 82.8 Å². The minimum atomic E-state index is -0.717. The van der Waals surface area contributed by atoms with Crippen molar-refractivity contribution >= 4 is 17.7 Å². The van der Waals surface area contributed by atoms with E-state index in [4.69, 9.17) is 5.73 Å². The Kier molecular flexibility index (Phi) is 4.94. The Morgan fingerprint density at radius 2 is 2.09 bits per heavy atom. The highest BCUT2D eigenvalue weighted by atomic mass is 16.2. The third-order valence-electron chi connectivity index (χ3n) is 8.58. The van der Waals surface area contributed by atoms with E-state index in [0.717, 1.165) is 43.2 Å². The first-order chi connectivity index (χ1) is 16.4. The Morgan fingerprint density at radius 3 is 2.82 bits per heavy atom. The Morgan fingerprint density at radius 1 is 1.26 bits per heavy atom. The van der Waals surface area contributed by atoms with Gasteiger partial charge in [-0.2, -0.15) is 5.26 Å². The molecule has 2 aliphatic carbocycles. The van der Waals surface area contributed by atoms with Gasteiger partial charge in [-0.05, 0) is 61.3 Å². The minimum Gasteiger partial charge on any atom is -0.355 e. The molecule has 0 spiro atoms. The number of nitrogens with two attached hydrogens (primary N) is 1. The molecule has 0 radical (unpaired) electrons. The second-order valence-electron chi connectivity index (χ2n) is 10.4. The summed E-state index contributed by atoms with van der Waals surface area (Å²) in [6, 6.07) is 7.05. The van der Waals surface area contributed by atoms with Gasteiger partial charge in [-0.1, -0.05) is 6.07 Å². The van der Waals surface area contributed by atoms with Gasteiger partial charge < -0.3 is 20.9 Å². The average Bonchev–Trinajstić information content (AvgIpc) is 3.18. The molecule has 3 amide bonds. The van der Waals surface area contributed by atoms with Gasteiger partial charge in [0.1, 0.15) is 6.04 Å². The van der Waals surface area contributed by atoms with E-state index < -0.39 is 6.04 Å². The quantitative estimate of drug-likeness (QED) is 0.643. The zero-order valence-corrected chi connectivity index (χ0v) is 19.3. The first-order valence-electron chi connectivity index (χ1n) is 12.3. The van der Waals surface area contributed by atoms with Crippen LogP contribution in [0.2, 0.25) is 0 Å². The van der Waals surface area contributed by atoms with E-state index in [0.29, 0.717) is 24.6 Å². The van der Waals surface area contributed by atoms with Gasteiger partial charge in [-0.3, -0.25) is 19.3 Å². The molecule has 3 saturated heterocycles. The Bertz CT molecular complexity index is 1110. The van der Waals surface area contributed by atoms with Gasteiger partial charge >= 0.3 is 0 Å². The summed E-state index contributed by atoms with van der Waals surface area (Å²) in [5, 5.41) is 12.1. The first-order valence-corrected chi connectivity index (χ1v) is 12.3. The summed E-state index contributed by atoms with van der Waals surface area (Å²) >= 11 is 0. The van der Waals surface area contributed by atoms with Gasteiger partial charge in [0, 0.05) is 37.8 Å². The van der Waals surface area contributed by atoms with Crippen molar-refractivity contribution in [3.8, 4) is 6.07 Å². The fraction of sp³-hybridized carbons (Fsp3) is 0.600. The number of hydrogen-bond acceptors (Lipinski definition) is 6. The van der Waals surface area contributed by atoms with Crippen molar-refractivity contribution in [2.45, 2.75) is 68.4 Å². The number of nitriles is 1. The zero-order chi connectivity index (χ0) is 23.7. The number of nitrogens with one attached hydrogen (secondary N) is 1. The fourth-order valence-corrected chi connectivity index (χ4v) is 6.88. The number of carbonyl (C=O) groups is 3. The normalized spacial score (nSPS) is 34.1. The second-order valence-corrected chi connectivity index (χ2v) is 10.4. The number of fused-ring (bicyclic) bond motifs is 4. The van der Waals surface area contributed by atoms with Crippen LogP contribution in [0.1, 0.15) is 53.2 Å². The summed E-state index contributed by atoms with van der Waals surface area (Å²) in [5.41, 5.74) is 9.25. The molecule has 4 fully saturated rings. The summed E-state index contributed by atoms with van der Waals surface area (Å²) in [6.07, 6.45) is 4.22. The van der Waals surface area contributed by atoms with Crippen molar-refractivity contribution in [1.82, 2.24) is 20.0 Å². The molecule has 3 aliphatic heterocycles. The maximum absolute atomic E-state index is 13.4. The lowest BCUT2D eigenvalue weighted by Gasteiger charge is -2.38. The predicted molar refractivity (Wildman–Crippen MR) is 122 cm³/mol. The standard InChI is InChI=1S/C25H30N6O3/c1-28-23(32)14-2-4-18-13(6-14)3-5-20(18)31-17-9-22(25(31)34)29(11-17)12-19(27)24(33)30-16(10-26)7-15-8-21(15)30/h2,4,6,15-17,19-22H,3,5,7-9,11-12,27H2,1H3,(H,28,32)/t15-,16+,17?,19+,20-,21+,22+/m1/s1. The molecule has 34 heavy (non-hydrogen) atoms. The van der Waals surface area contributed by atoms with E-state index in [1.807, 2.05) is 23.1 Å². The topological polar surface area (TPSA) is 123 Å². The highest BCUT2D eigenvalue weighted by Crippen LogP contribution is 2.48. The van der Waals surface area contributed by atoms with Crippen LogP contribution in [0.5, 0.6) is 0 Å². The van der Waals surface area contributed by atoms with E-state index >= 15 is 0 Å². The molecule has 1 aromatic carbocycles. The van der Waals surface area contributed by atoms with Crippen LogP contribution in [0, 0.1) is 17.2 Å². The zero-order valence-electron chi connectivity index (χ0n) is 19.3. The lowest BCUT2D eigenvalue weighted by atomic mass is 10.0. The molecule has 2 bridgehead atoms. The van der Waals surface area contributed by atoms with Crippen molar-refractivity contribution in [1.29, 1.82) is 5.26 Å². The molecule has 6 rings (SSSR count). The molecule has 0 aromatic heterocycles. The lowest BCUT2D eigenvalue weighted by molar-refractivity contribution is -0.141. The van der Waals surface area contributed by atoms with Crippen LogP contribution in [0.3, 0.4) is 0 Å². The summed E-state index contributed by atoms with van der Waals surface area (Å²) in [5.74, 6) is 0.319. The molecule has 1 saturated carbocycles. The SMILES string of the molecule is CNC(=O)c1ccc2c(c1)CC[C@H]2N1C(=O)[C@@H]2CC1CN2C[C@H](N)C(=O)N1[C@H](C#N)C[C@@H]2C[C@@H]21. The van der Waals surface area contributed by atoms with Crippen LogP contribution < -0.4 is 11.1 Å². The number of hydrogen-bond donors (Lipinski definition) is 2. The number of carbonyl (C=O) groups excluding carboxylic acids is 3. The van der Waals surface area contributed by atoms with Gasteiger partial charge in [0.05, 0.1) is 24.2 Å². The minimum absolute atomic E-state index is 0.0430. The van der Waals surface area contributed by atoms with Crippen molar-refractivity contribution in [2.24, 2.45) is 11.7 Å². The van der Waals surface area contributed by atoms with Crippen LogP contribution in [-0.2, 0) is 16.0 Å². The monoisotopic (exact) mass is 462 g/mol. The highest BCUT2D eigenvalue weighted by molar-refractivity contribution is 5.94. The van der Waals surface area contributed by atoms with Gasteiger partial charge in [0.2, 0.25) is 11.8 Å². The van der Waals surface area contributed by atoms with Gasteiger partial charge in [0.15, 0.2) is 0 Å². The molecule has 5 aliphatic rings. The third kappa shape index (κ3) is 3.16. The maximum atomic E-state index is 13.4. The summed E-state index contributed by atoms with van der Waals surface area (Å²) < 4.78 is 0. The number of nitrogens with zero attached hydrogens (tertiary/aromatic N) is 4. The third-order valence-corrected chi connectivity index (χ3v) is 8.58. The maximum Gasteiger partial charge on any atom is 0.251 e. The Labute approximate surface area is 198 Å². The lowest BCUT2D eigenvalue weighted by Crippen LogP contribution is -2.57. The average molecular weight is 463 g/mol. The number of piperazine rings is 1. The van der Waals surface area contributed by atoms with E-state index in [1.54, 1.807) is 11.9 Å². The van der Waals surface area contributed by atoms with E-state index in [2.05, 4.69) is 16.3 Å². The molecular formula is C25H30N6O3. The molecule has 3 N–H and O–H groups in total. The summed E-state index contributed by atoms with van der Waals surface area (Å²) in [6.45, 7) is 1.07. The number of rotatable bonds is 5.